The SMILES string of the molecule is CCCn1nc(C)c(N)c1NCCOc1cccc(C)c1. The van der Waals surface area contributed by atoms with Gasteiger partial charge in [-0.25, -0.2) is 4.68 Å². The Balaban J connectivity index is 1.88. The van der Waals surface area contributed by atoms with Crippen LogP contribution in [0.4, 0.5) is 11.5 Å². The molecule has 0 spiro atoms. The first-order valence-electron chi connectivity index (χ1n) is 7.38. The maximum Gasteiger partial charge on any atom is 0.148 e. The minimum Gasteiger partial charge on any atom is -0.492 e. The van der Waals surface area contributed by atoms with E-state index in [1.54, 1.807) is 0 Å². The molecule has 0 aliphatic rings. The van der Waals surface area contributed by atoms with Crippen molar-refractivity contribution in [2.24, 2.45) is 0 Å². The molecule has 21 heavy (non-hydrogen) atoms. The minimum absolute atomic E-state index is 0.583. The lowest BCUT2D eigenvalue weighted by atomic mass is 10.2. The lowest BCUT2D eigenvalue weighted by Crippen LogP contribution is -2.15. The summed E-state index contributed by atoms with van der Waals surface area (Å²) in [6.45, 7) is 8.23. The van der Waals surface area contributed by atoms with Crippen molar-refractivity contribution in [1.29, 1.82) is 0 Å². The Morgan fingerprint density at radius 2 is 2.14 bits per heavy atom. The van der Waals surface area contributed by atoms with Crippen molar-refractivity contribution in [2.75, 3.05) is 24.2 Å². The number of nitrogens with zero attached hydrogens (tertiary/aromatic N) is 2. The number of aromatic nitrogens is 2. The van der Waals surface area contributed by atoms with E-state index < -0.39 is 0 Å². The molecule has 2 aromatic rings. The molecule has 5 heteroatoms. The molecule has 0 saturated heterocycles. The number of hydrogen-bond donors (Lipinski definition) is 2. The van der Waals surface area contributed by atoms with E-state index in [9.17, 15) is 0 Å². The van der Waals surface area contributed by atoms with E-state index in [1.165, 1.54) is 5.56 Å². The third-order valence-electron chi connectivity index (χ3n) is 3.26. The second-order valence-corrected chi connectivity index (χ2v) is 5.16. The van der Waals surface area contributed by atoms with Crippen LogP contribution in [0.25, 0.3) is 0 Å². The summed E-state index contributed by atoms with van der Waals surface area (Å²) < 4.78 is 7.65. The number of ether oxygens (including phenoxy) is 1. The molecule has 0 fully saturated rings. The predicted molar refractivity (Wildman–Crippen MR) is 86.8 cm³/mol. The van der Waals surface area contributed by atoms with Gasteiger partial charge in [0, 0.05) is 6.54 Å². The molecule has 0 atom stereocenters. The van der Waals surface area contributed by atoms with Gasteiger partial charge in [0.15, 0.2) is 0 Å². The maximum absolute atomic E-state index is 6.06. The lowest BCUT2D eigenvalue weighted by molar-refractivity contribution is 0.332. The zero-order valence-electron chi connectivity index (χ0n) is 13.0. The van der Waals surface area contributed by atoms with Crippen LogP contribution in [-0.2, 0) is 6.54 Å². The molecule has 0 radical (unpaired) electrons. The zero-order chi connectivity index (χ0) is 15.2. The smallest absolute Gasteiger partial charge is 0.148 e. The third kappa shape index (κ3) is 3.90. The van der Waals surface area contributed by atoms with E-state index in [4.69, 9.17) is 10.5 Å². The van der Waals surface area contributed by atoms with Gasteiger partial charge >= 0.3 is 0 Å². The second kappa shape index (κ2) is 7.02. The van der Waals surface area contributed by atoms with Crippen molar-refractivity contribution in [3.63, 3.8) is 0 Å². The number of anilines is 2. The van der Waals surface area contributed by atoms with Crippen LogP contribution in [0.2, 0.25) is 0 Å². The summed E-state index contributed by atoms with van der Waals surface area (Å²) >= 11 is 0. The molecule has 114 valence electrons. The molecule has 1 aromatic heterocycles. The zero-order valence-corrected chi connectivity index (χ0v) is 13.0. The normalized spacial score (nSPS) is 10.6. The van der Waals surface area contributed by atoms with Crippen LogP contribution in [0.5, 0.6) is 5.75 Å². The first kappa shape index (κ1) is 15.2. The number of benzene rings is 1. The topological polar surface area (TPSA) is 65.1 Å². The fraction of sp³-hybridized carbons (Fsp3) is 0.438. The van der Waals surface area contributed by atoms with Gasteiger partial charge in [-0.3, -0.25) is 0 Å². The van der Waals surface area contributed by atoms with Crippen LogP contribution < -0.4 is 15.8 Å². The number of nitrogens with two attached hydrogens (primary N) is 1. The fourth-order valence-electron chi connectivity index (χ4n) is 2.20. The Kier molecular flexibility index (Phi) is 5.09. The standard InChI is InChI=1S/C16H24N4O/c1-4-9-20-16(15(17)13(3)19-20)18-8-10-21-14-7-5-6-12(2)11-14/h5-7,11,18H,4,8-10,17H2,1-3H3. The quantitative estimate of drug-likeness (QED) is 0.769. The summed E-state index contributed by atoms with van der Waals surface area (Å²) in [5.74, 6) is 1.78. The molecule has 0 amide bonds. The van der Waals surface area contributed by atoms with Gasteiger partial charge in [-0.2, -0.15) is 5.10 Å². The second-order valence-electron chi connectivity index (χ2n) is 5.16. The molecule has 0 aliphatic carbocycles. The van der Waals surface area contributed by atoms with Gasteiger partial charge in [0.05, 0.1) is 17.9 Å². The third-order valence-corrected chi connectivity index (χ3v) is 3.26. The molecule has 0 bridgehead atoms. The highest BCUT2D eigenvalue weighted by Gasteiger charge is 2.11. The molecular weight excluding hydrogens is 264 g/mol. The number of nitrogens with one attached hydrogen (secondary N) is 1. The van der Waals surface area contributed by atoms with Gasteiger partial charge in [-0.15, -0.1) is 0 Å². The summed E-state index contributed by atoms with van der Waals surface area (Å²) in [7, 11) is 0. The maximum atomic E-state index is 6.06. The summed E-state index contributed by atoms with van der Waals surface area (Å²) in [6, 6.07) is 8.04. The van der Waals surface area contributed by atoms with E-state index in [1.807, 2.05) is 29.8 Å². The van der Waals surface area contributed by atoms with E-state index in [0.29, 0.717) is 13.2 Å². The number of rotatable bonds is 7. The monoisotopic (exact) mass is 288 g/mol. The van der Waals surface area contributed by atoms with Crippen LogP contribution in [0.3, 0.4) is 0 Å². The van der Waals surface area contributed by atoms with Crippen LogP contribution in [0, 0.1) is 13.8 Å². The van der Waals surface area contributed by atoms with Crippen LogP contribution in [-0.4, -0.2) is 22.9 Å². The highest BCUT2D eigenvalue weighted by molar-refractivity contribution is 5.64. The summed E-state index contributed by atoms with van der Waals surface area (Å²) in [6.07, 6.45) is 1.02. The van der Waals surface area contributed by atoms with Gasteiger partial charge in [0.1, 0.15) is 18.2 Å². The number of nitrogen functional groups attached to an aromatic ring is 1. The molecule has 0 unspecified atom stereocenters. The highest BCUT2D eigenvalue weighted by Crippen LogP contribution is 2.22. The average Bonchev–Trinajstić information content (AvgIpc) is 2.71. The van der Waals surface area contributed by atoms with Gasteiger partial charge < -0.3 is 15.8 Å². The lowest BCUT2D eigenvalue weighted by Gasteiger charge is -2.11. The molecule has 3 N–H and O–H groups in total. The molecule has 5 nitrogen and oxygen atoms in total. The van der Waals surface area contributed by atoms with E-state index in [0.717, 1.165) is 35.9 Å². The molecule has 1 heterocycles. The Morgan fingerprint density at radius 1 is 1.33 bits per heavy atom. The van der Waals surface area contributed by atoms with E-state index in [-0.39, 0.29) is 0 Å². The van der Waals surface area contributed by atoms with Crippen LogP contribution in [0.15, 0.2) is 24.3 Å². The highest BCUT2D eigenvalue weighted by atomic mass is 16.5. The van der Waals surface area contributed by atoms with Crippen molar-refractivity contribution in [3.05, 3.63) is 35.5 Å². The van der Waals surface area contributed by atoms with Gasteiger partial charge in [-0.1, -0.05) is 19.1 Å². The summed E-state index contributed by atoms with van der Waals surface area (Å²) in [4.78, 5) is 0. The number of aryl methyl sites for hydroxylation is 3. The Hall–Kier alpha value is -2.17. The first-order valence-corrected chi connectivity index (χ1v) is 7.38. The van der Waals surface area contributed by atoms with Crippen molar-refractivity contribution < 1.29 is 4.74 Å². The fourth-order valence-corrected chi connectivity index (χ4v) is 2.20. The van der Waals surface area contributed by atoms with Crippen molar-refractivity contribution in [1.82, 2.24) is 9.78 Å². The molecule has 0 saturated carbocycles. The molecule has 2 rings (SSSR count). The van der Waals surface area contributed by atoms with Crippen LogP contribution in [0.1, 0.15) is 24.6 Å². The van der Waals surface area contributed by atoms with Gasteiger partial charge in [-0.05, 0) is 38.0 Å². The van der Waals surface area contributed by atoms with Gasteiger partial charge in [0.2, 0.25) is 0 Å². The van der Waals surface area contributed by atoms with E-state index >= 15 is 0 Å². The van der Waals surface area contributed by atoms with Crippen molar-refractivity contribution >= 4 is 11.5 Å². The van der Waals surface area contributed by atoms with E-state index in [2.05, 4.69) is 30.3 Å². The molecular formula is C16H24N4O. The Labute approximate surface area is 126 Å². The average molecular weight is 288 g/mol. The Bertz CT molecular complexity index is 592. The van der Waals surface area contributed by atoms with Crippen molar-refractivity contribution in [2.45, 2.75) is 33.7 Å². The largest absolute Gasteiger partial charge is 0.492 e. The predicted octanol–water partition coefficient (Wildman–Crippen LogP) is 2.98. The van der Waals surface area contributed by atoms with Crippen LogP contribution >= 0.6 is 0 Å². The first-order chi connectivity index (χ1) is 10.1. The number of hydrogen-bond acceptors (Lipinski definition) is 4. The summed E-state index contributed by atoms with van der Waals surface area (Å²) in [5.41, 5.74) is 8.84. The van der Waals surface area contributed by atoms with Crippen molar-refractivity contribution in [3.8, 4) is 5.75 Å². The van der Waals surface area contributed by atoms with Gasteiger partial charge in [0.25, 0.3) is 0 Å². The summed E-state index contributed by atoms with van der Waals surface area (Å²) in [5, 5.41) is 7.76. The molecule has 1 aromatic carbocycles. The minimum atomic E-state index is 0.583. The molecule has 0 aliphatic heterocycles. The Morgan fingerprint density at radius 3 is 2.86 bits per heavy atom.